The summed E-state index contributed by atoms with van der Waals surface area (Å²) in [6.45, 7) is 4.46. The van der Waals surface area contributed by atoms with Crippen LogP contribution in [-0.4, -0.2) is 36.1 Å². The summed E-state index contributed by atoms with van der Waals surface area (Å²) in [6, 6.07) is 13.4. The van der Waals surface area contributed by atoms with E-state index in [2.05, 4.69) is 20.6 Å². The number of sulfonamides is 1. The minimum Gasteiger partial charge on any atom is -0.370 e. The highest BCUT2D eigenvalue weighted by atomic mass is 32.2. The minimum atomic E-state index is -3.77. The molecule has 2 aromatic carbocycles. The summed E-state index contributed by atoms with van der Waals surface area (Å²) in [5.41, 5.74) is 1.27. The number of benzene rings is 2. The van der Waals surface area contributed by atoms with Crippen molar-refractivity contribution in [3.8, 4) is 0 Å². The van der Waals surface area contributed by atoms with E-state index in [0.29, 0.717) is 10.8 Å². The third kappa shape index (κ3) is 5.22. The Morgan fingerprint density at radius 1 is 1.14 bits per heavy atom. The van der Waals surface area contributed by atoms with Gasteiger partial charge >= 0.3 is 0 Å². The highest BCUT2D eigenvalue weighted by molar-refractivity contribution is 8.00. The number of hydrogen-bond acceptors (Lipinski definition) is 7. The normalized spacial score (nSPS) is 12.5. The van der Waals surface area contributed by atoms with Crippen LogP contribution in [0.5, 0.6) is 0 Å². The number of rotatable bonds is 7. The van der Waals surface area contributed by atoms with Gasteiger partial charge in [0.05, 0.1) is 15.7 Å². The topological polar surface area (TPSA) is 127 Å². The van der Waals surface area contributed by atoms with E-state index in [1.165, 1.54) is 36.0 Å². The maximum Gasteiger partial charge on any atom is 0.238 e. The zero-order valence-corrected chi connectivity index (χ0v) is 17.5. The van der Waals surface area contributed by atoms with E-state index in [-0.39, 0.29) is 10.8 Å². The van der Waals surface area contributed by atoms with Crippen molar-refractivity contribution in [1.82, 2.24) is 9.97 Å². The quantitative estimate of drug-likeness (QED) is 0.388. The molecule has 0 bridgehead atoms. The van der Waals surface area contributed by atoms with Crippen molar-refractivity contribution in [2.24, 2.45) is 5.14 Å². The summed E-state index contributed by atoms with van der Waals surface area (Å²) in [7, 11) is -3.77. The number of primary sulfonamides is 1. The first-order valence-electron chi connectivity index (χ1n) is 8.89. The van der Waals surface area contributed by atoms with E-state index in [0.717, 1.165) is 23.3 Å². The molecule has 0 aliphatic rings. The number of para-hydroxylation sites is 1. The number of thioether (sulfide) groups is 1. The van der Waals surface area contributed by atoms with Crippen molar-refractivity contribution >= 4 is 50.1 Å². The maximum absolute atomic E-state index is 12.5. The van der Waals surface area contributed by atoms with Crippen LogP contribution in [0, 0.1) is 0 Å². The zero-order valence-electron chi connectivity index (χ0n) is 15.9. The van der Waals surface area contributed by atoms with Crippen LogP contribution in [0.25, 0.3) is 10.9 Å². The molecule has 0 saturated carbocycles. The Bertz CT molecular complexity index is 1130. The molecule has 0 fully saturated rings. The van der Waals surface area contributed by atoms with E-state index < -0.39 is 15.3 Å². The molecule has 10 heteroatoms. The Morgan fingerprint density at radius 2 is 1.83 bits per heavy atom. The van der Waals surface area contributed by atoms with Gasteiger partial charge in [0.25, 0.3) is 0 Å². The predicted octanol–water partition coefficient (Wildman–Crippen LogP) is 2.83. The van der Waals surface area contributed by atoms with Crippen LogP contribution in [0.15, 0.2) is 58.6 Å². The summed E-state index contributed by atoms with van der Waals surface area (Å²) < 4.78 is 22.6. The van der Waals surface area contributed by atoms with Crippen LogP contribution in [0.4, 0.5) is 11.5 Å². The SMILES string of the molecule is CCNc1nc(SC(C)C(=O)Nc2ccc(S(N)(=O)=O)cc2)nc2ccccc12. The second kappa shape index (κ2) is 8.76. The summed E-state index contributed by atoms with van der Waals surface area (Å²) in [5, 5.41) is 12.0. The van der Waals surface area contributed by atoms with Gasteiger partial charge in [-0.25, -0.2) is 23.5 Å². The Hall–Kier alpha value is -2.69. The molecule has 0 radical (unpaired) electrons. The third-order valence-corrected chi connectivity index (χ3v) is 5.92. The van der Waals surface area contributed by atoms with Gasteiger partial charge in [0.2, 0.25) is 15.9 Å². The Kier molecular flexibility index (Phi) is 6.36. The lowest BCUT2D eigenvalue weighted by Crippen LogP contribution is -2.23. The van der Waals surface area contributed by atoms with E-state index >= 15 is 0 Å². The molecule has 1 atom stereocenters. The highest BCUT2D eigenvalue weighted by Gasteiger charge is 2.18. The van der Waals surface area contributed by atoms with Gasteiger partial charge in [0, 0.05) is 17.6 Å². The van der Waals surface area contributed by atoms with Crippen LogP contribution in [-0.2, 0) is 14.8 Å². The largest absolute Gasteiger partial charge is 0.370 e. The van der Waals surface area contributed by atoms with Crippen LogP contribution in [0.1, 0.15) is 13.8 Å². The van der Waals surface area contributed by atoms with Crippen LogP contribution >= 0.6 is 11.8 Å². The van der Waals surface area contributed by atoms with Gasteiger partial charge in [-0.1, -0.05) is 23.9 Å². The predicted molar refractivity (Wildman–Crippen MR) is 115 cm³/mol. The van der Waals surface area contributed by atoms with E-state index in [1.807, 2.05) is 31.2 Å². The minimum absolute atomic E-state index is 0.0153. The number of nitrogens with one attached hydrogen (secondary N) is 2. The van der Waals surface area contributed by atoms with Crippen molar-refractivity contribution < 1.29 is 13.2 Å². The van der Waals surface area contributed by atoms with Crippen LogP contribution < -0.4 is 15.8 Å². The van der Waals surface area contributed by atoms with Gasteiger partial charge in [-0.15, -0.1) is 0 Å². The van der Waals surface area contributed by atoms with E-state index in [1.54, 1.807) is 6.92 Å². The zero-order chi connectivity index (χ0) is 21.0. The summed E-state index contributed by atoms with van der Waals surface area (Å²) in [6.07, 6.45) is 0. The highest BCUT2D eigenvalue weighted by Crippen LogP contribution is 2.27. The third-order valence-electron chi connectivity index (χ3n) is 4.03. The maximum atomic E-state index is 12.5. The fourth-order valence-electron chi connectivity index (χ4n) is 2.59. The van der Waals surface area contributed by atoms with Gasteiger partial charge in [0.1, 0.15) is 5.82 Å². The molecule has 1 amide bonds. The number of aromatic nitrogens is 2. The molecule has 0 spiro atoms. The molecule has 8 nitrogen and oxygen atoms in total. The number of fused-ring (bicyclic) bond motifs is 1. The number of amides is 1. The van der Waals surface area contributed by atoms with Crippen LogP contribution in [0.3, 0.4) is 0 Å². The van der Waals surface area contributed by atoms with Gasteiger partial charge in [0.15, 0.2) is 5.16 Å². The lowest BCUT2D eigenvalue weighted by molar-refractivity contribution is -0.115. The molecule has 29 heavy (non-hydrogen) atoms. The van der Waals surface area contributed by atoms with Crippen molar-refractivity contribution in [3.05, 3.63) is 48.5 Å². The smallest absolute Gasteiger partial charge is 0.238 e. The first-order valence-corrected chi connectivity index (χ1v) is 11.3. The monoisotopic (exact) mass is 431 g/mol. The van der Waals surface area contributed by atoms with Gasteiger partial charge in [-0.3, -0.25) is 4.79 Å². The van der Waals surface area contributed by atoms with Crippen molar-refractivity contribution in [3.63, 3.8) is 0 Å². The van der Waals surface area contributed by atoms with Gasteiger partial charge < -0.3 is 10.6 Å². The first-order chi connectivity index (χ1) is 13.8. The van der Waals surface area contributed by atoms with E-state index in [4.69, 9.17) is 5.14 Å². The Balaban J connectivity index is 1.74. The molecule has 0 aliphatic heterocycles. The standard InChI is InChI=1S/C19H21N5O3S2/c1-3-21-17-15-6-4-5-7-16(15)23-19(24-17)28-12(2)18(25)22-13-8-10-14(11-9-13)29(20,26)27/h4-12H,3H2,1-2H3,(H,22,25)(H2,20,26,27)(H,21,23,24). The molecule has 152 valence electrons. The summed E-state index contributed by atoms with van der Waals surface area (Å²) >= 11 is 1.24. The summed E-state index contributed by atoms with van der Waals surface area (Å²) in [5.74, 6) is 0.479. The number of carbonyl (C=O) groups is 1. The Morgan fingerprint density at radius 3 is 2.48 bits per heavy atom. The van der Waals surface area contributed by atoms with Gasteiger partial charge in [-0.2, -0.15) is 0 Å². The molecular formula is C19H21N5O3S2. The molecular weight excluding hydrogens is 410 g/mol. The number of carbonyl (C=O) groups excluding carboxylic acids is 1. The molecule has 3 aromatic rings. The van der Waals surface area contributed by atoms with Gasteiger partial charge in [-0.05, 0) is 50.2 Å². The lowest BCUT2D eigenvalue weighted by atomic mass is 10.2. The Labute approximate surface area is 173 Å². The average molecular weight is 432 g/mol. The van der Waals surface area contributed by atoms with Crippen molar-refractivity contribution in [2.75, 3.05) is 17.2 Å². The molecule has 1 unspecified atom stereocenters. The average Bonchev–Trinajstić information content (AvgIpc) is 2.68. The van der Waals surface area contributed by atoms with Crippen LogP contribution in [0.2, 0.25) is 0 Å². The van der Waals surface area contributed by atoms with Crippen molar-refractivity contribution in [2.45, 2.75) is 29.1 Å². The van der Waals surface area contributed by atoms with Crippen molar-refractivity contribution in [1.29, 1.82) is 0 Å². The number of nitrogens with two attached hydrogens (primary N) is 1. The van der Waals surface area contributed by atoms with E-state index in [9.17, 15) is 13.2 Å². The molecule has 4 N–H and O–H groups in total. The molecule has 0 saturated heterocycles. The number of hydrogen-bond donors (Lipinski definition) is 3. The second-order valence-corrected chi connectivity index (χ2v) is 9.09. The number of anilines is 2. The molecule has 1 heterocycles. The molecule has 1 aromatic heterocycles. The molecule has 3 rings (SSSR count). The summed E-state index contributed by atoms with van der Waals surface area (Å²) in [4.78, 5) is 21.6. The second-order valence-electron chi connectivity index (χ2n) is 6.22. The first kappa shape index (κ1) is 21.0. The molecule has 0 aliphatic carbocycles. The fraction of sp³-hybridized carbons (Fsp3) is 0.211. The number of nitrogens with zero attached hydrogens (tertiary/aromatic N) is 2. The lowest BCUT2D eigenvalue weighted by Gasteiger charge is -2.13. The fourth-order valence-corrected chi connectivity index (χ4v) is 3.89.